The fraction of sp³-hybridized carbons (Fsp3) is 0.300. The Morgan fingerprint density at radius 2 is 1.45 bits per heavy atom. The second kappa shape index (κ2) is 11.4. The Morgan fingerprint density at radius 1 is 0.868 bits per heavy atom. The average molecular weight is 517 g/mol. The number of carboxylic acids is 1. The van der Waals surface area contributed by atoms with Crippen molar-refractivity contribution in [1.29, 1.82) is 0 Å². The average Bonchev–Trinajstić information content (AvgIpc) is 3.18. The number of fused-ring (bicyclic) bond motifs is 3. The molecule has 4 rings (SSSR count). The number of carboxylic acid groups (broad SMARTS) is 1. The number of carbonyl (C=O) groups excluding carboxylic acids is 2. The molecule has 0 aliphatic heterocycles. The van der Waals surface area contributed by atoms with Gasteiger partial charge < -0.3 is 19.9 Å². The molecule has 0 unspecified atom stereocenters. The highest BCUT2D eigenvalue weighted by molar-refractivity contribution is 5.85. The Balaban J connectivity index is 1.30. The van der Waals surface area contributed by atoms with Gasteiger partial charge in [0.25, 0.3) is 0 Å². The molecule has 3 aromatic carbocycles. The Labute approximate surface area is 222 Å². The van der Waals surface area contributed by atoms with Crippen molar-refractivity contribution in [2.45, 2.75) is 51.2 Å². The van der Waals surface area contributed by atoms with Crippen LogP contribution in [0.4, 0.5) is 15.3 Å². The van der Waals surface area contributed by atoms with E-state index in [1.54, 1.807) is 45.0 Å². The maximum atomic E-state index is 12.5. The third kappa shape index (κ3) is 6.70. The lowest BCUT2D eigenvalue weighted by Gasteiger charge is -2.19. The van der Waals surface area contributed by atoms with Gasteiger partial charge in [-0.1, -0.05) is 60.7 Å². The number of aliphatic carboxylic acids is 1. The molecule has 8 nitrogen and oxygen atoms in total. The minimum Gasteiger partial charge on any atom is -0.480 e. The van der Waals surface area contributed by atoms with Crippen LogP contribution in [0.3, 0.4) is 0 Å². The fourth-order valence-corrected chi connectivity index (χ4v) is 4.53. The standard InChI is InChI=1S/C30H32N2O6/c1-30(2,3)38-29(36)31-20-15-12-19(13-16-20)14-17-26(27(33)34)32-28(35)37-18-25-23-10-6-4-8-21(23)22-9-5-7-11-24(22)25/h4-13,15-16,25-26H,14,17-18H2,1-3H3,(H,31,36)(H,32,35)(H,33,34)/t26-/m1/s1. The van der Waals surface area contributed by atoms with Gasteiger partial charge in [-0.15, -0.1) is 0 Å². The Kier molecular flexibility index (Phi) is 8.00. The van der Waals surface area contributed by atoms with E-state index in [-0.39, 0.29) is 18.9 Å². The minimum atomic E-state index is -1.14. The van der Waals surface area contributed by atoms with E-state index in [4.69, 9.17) is 9.47 Å². The number of rotatable bonds is 8. The number of benzene rings is 3. The molecule has 2 amide bonds. The highest BCUT2D eigenvalue weighted by atomic mass is 16.6. The number of anilines is 1. The number of hydrogen-bond donors (Lipinski definition) is 3. The molecular weight excluding hydrogens is 484 g/mol. The third-order valence-corrected chi connectivity index (χ3v) is 6.25. The van der Waals surface area contributed by atoms with Crippen molar-refractivity contribution in [3.8, 4) is 11.1 Å². The van der Waals surface area contributed by atoms with Gasteiger partial charge in [0, 0.05) is 11.6 Å². The molecule has 38 heavy (non-hydrogen) atoms. The first kappa shape index (κ1) is 26.7. The van der Waals surface area contributed by atoms with E-state index in [1.807, 2.05) is 36.4 Å². The predicted molar refractivity (Wildman–Crippen MR) is 144 cm³/mol. The zero-order valence-electron chi connectivity index (χ0n) is 21.7. The van der Waals surface area contributed by atoms with Gasteiger partial charge in [0.05, 0.1) is 0 Å². The molecule has 1 aliphatic carbocycles. The van der Waals surface area contributed by atoms with Crippen molar-refractivity contribution < 1.29 is 29.0 Å². The Morgan fingerprint density at radius 3 is 2.00 bits per heavy atom. The van der Waals surface area contributed by atoms with Gasteiger partial charge in [-0.25, -0.2) is 14.4 Å². The van der Waals surface area contributed by atoms with Crippen LogP contribution in [0, 0.1) is 0 Å². The molecular formula is C30H32N2O6. The Bertz CT molecular complexity index is 1270. The molecule has 0 saturated heterocycles. The van der Waals surface area contributed by atoms with Crippen LogP contribution in [0.5, 0.6) is 0 Å². The van der Waals surface area contributed by atoms with E-state index >= 15 is 0 Å². The summed E-state index contributed by atoms with van der Waals surface area (Å²) < 4.78 is 10.7. The number of aryl methyl sites for hydroxylation is 1. The summed E-state index contributed by atoms with van der Waals surface area (Å²) >= 11 is 0. The summed E-state index contributed by atoms with van der Waals surface area (Å²) in [5, 5.41) is 14.8. The summed E-state index contributed by atoms with van der Waals surface area (Å²) in [5.41, 5.74) is 5.23. The molecule has 1 atom stereocenters. The lowest BCUT2D eigenvalue weighted by molar-refractivity contribution is -0.139. The first-order chi connectivity index (χ1) is 18.1. The van der Waals surface area contributed by atoms with Crippen LogP contribution in [0.25, 0.3) is 11.1 Å². The van der Waals surface area contributed by atoms with Crippen molar-refractivity contribution in [3.05, 3.63) is 89.5 Å². The van der Waals surface area contributed by atoms with Crippen molar-refractivity contribution in [1.82, 2.24) is 5.32 Å². The molecule has 3 aromatic rings. The summed E-state index contributed by atoms with van der Waals surface area (Å²) in [4.78, 5) is 36.3. The SMILES string of the molecule is CC(C)(C)OC(=O)Nc1ccc(CC[C@@H](NC(=O)OCC2c3ccccc3-c3ccccc32)C(=O)O)cc1. The van der Waals surface area contributed by atoms with E-state index in [1.165, 1.54) is 0 Å². The zero-order chi connectivity index (χ0) is 27.3. The highest BCUT2D eigenvalue weighted by Crippen LogP contribution is 2.44. The van der Waals surface area contributed by atoms with Gasteiger partial charge in [-0.3, -0.25) is 5.32 Å². The lowest BCUT2D eigenvalue weighted by Crippen LogP contribution is -2.41. The lowest BCUT2D eigenvalue weighted by atomic mass is 9.98. The van der Waals surface area contributed by atoms with Gasteiger partial charge >= 0.3 is 18.2 Å². The normalized spacial score (nSPS) is 13.1. The first-order valence-electron chi connectivity index (χ1n) is 12.5. The van der Waals surface area contributed by atoms with Crippen LogP contribution >= 0.6 is 0 Å². The quantitative estimate of drug-likeness (QED) is 0.341. The monoisotopic (exact) mass is 516 g/mol. The summed E-state index contributed by atoms with van der Waals surface area (Å²) in [6.07, 6.45) is -0.731. The van der Waals surface area contributed by atoms with Crippen molar-refractivity contribution in [2.75, 3.05) is 11.9 Å². The van der Waals surface area contributed by atoms with Crippen LogP contribution in [-0.4, -0.2) is 41.5 Å². The maximum absolute atomic E-state index is 12.5. The molecule has 3 N–H and O–H groups in total. The number of amides is 2. The molecule has 0 radical (unpaired) electrons. The zero-order valence-corrected chi connectivity index (χ0v) is 21.7. The van der Waals surface area contributed by atoms with Crippen molar-refractivity contribution in [2.24, 2.45) is 0 Å². The summed E-state index contributed by atoms with van der Waals surface area (Å²) in [6.45, 7) is 5.46. The largest absolute Gasteiger partial charge is 0.480 e. The molecule has 1 aliphatic rings. The molecule has 0 fully saturated rings. The molecule has 0 bridgehead atoms. The van der Waals surface area contributed by atoms with E-state index in [9.17, 15) is 19.5 Å². The smallest absolute Gasteiger partial charge is 0.412 e. The number of nitrogens with one attached hydrogen (secondary N) is 2. The van der Waals surface area contributed by atoms with Gasteiger partial charge in [0.1, 0.15) is 18.2 Å². The highest BCUT2D eigenvalue weighted by Gasteiger charge is 2.29. The van der Waals surface area contributed by atoms with Gasteiger partial charge in [-0.05, 0) is 73.6 Å². The van der Waals surface area contributed by atoms with Crippen molar-refractivity contribution in [3.63, 3.8) is 0 Å². The maximum Gasteiger partial charge on any atom is 0.412 e. The number of carbonyl (C=O) groups is 3. The third-order valence-electron chi connectivity index (χ3n) is 6.25. The number of hydrogen-bond acceptors (Lipinski definition) is 5. The van der Waals surface area contributed by atoms with Gasteiger partial charge in [0.2, 0.25) is 0 Å². The topological polar surface area (TPSA) is 114 Å². The second-order valence-electron chi connectivity index (χ2n) is 10.2. The molecule has 0 saturated carbocycles. The van der Waals surface area contributed by atoms with Crippen LogP contribution in [-0.2, 0) is 20.7 Å². The fourth-order valence-electron chi connectivity index (χ4n) is 4.53. The van der Waals surface area contributed by atoms with E-state index in [0.29, 0.717) is 12.1 Å². The van der Waals surface area contributed by atoms with E-state index in [2.05, 4.69) is 22.8 Å². The van der Waals surface area contributed by atoms with Crippen LogP contribution in [0.2, 0.25) is 0 Å². The summed E-state index contributed by atoms with van der Waals surface area (Å²) in [7, 11) is 0. The molecule has 0 spiro atoms. The minimum absolute atomic E-state index is 0.107. The molecule has 0 heterocycles. The van der Waals surface area contributed by atoms with E-state index < -0.39 is 29.8 Å². The predicted octanol–water partition coefficient (Wildman–Crippen LogP) is 5.96. The van der Waals surface area contributed by atoms with Gasteiger partial charge in [-0.2, -0.15) is 0 Å². The van der Waals surface area contributed by atoms with E-state index in [0.717, 1.165) is 27.8 Å². The number of alkyl carbamates (subject to hydrolysis) is 1. The summed E-state index contributed by atoms with van der Waals surface area (Å²) in [6, 6.07) is 21.9. The number of ether oxygens (including phenoxy) is 2. The van der Waals surface area contributed by atoms with Crippen LogP contribution < -0.4 is 10.6 Å². The molecule has 8 heteroatoms. The van der Waals surface area contributed by atoms with Crippen LogP contribution in [0.1, 0.15) is 49.8 Å². The second-order valence-corrected chi connectivity index (χ2v) is 10.2. The Hall–Kier alpha value is -4.33. The molecule has 198 valence electrons. The molecule has 0 aromatic heterocycles. The summed E-state index contributed by atoms with van der Waals surface area (Å²) in [5.74, 6) is -1.24. The first-order valence-corrected chi connectivity index (χ1v) is 12.5. The van der Waals surface area contributed by atoms with Crippen molar-refractivity contribution >= 4 is 23.8 Å². The van der Waals surface area contributed by atoms with Crippen LogP contribution in [0.15, 0.2) is 72.8 Å². The van der Waals surface area contributed by atoms with Gasteiger partial charge in [0.15, 0.2) is 0 Å².